The SMILES string of the molecule is CNC(C)c1ccc(S(=O)(=O)NCC(C)C(C)C)cc1. The van der Waals surface area contributed by atoms with Gasteiger partial charge >= 0.3 is 0 Å². The van der Waals surface area contributed by atoms with Crippen molar-refractivity contribution in [1.29, 1.82) is 0 Å². The van der Waals surface area contributed by atoms with E-state index < -0.39 is 10.0 Å². The Labute approximate surface area is 123 Å². The second-order valence-corrected chi connectivity index (χ2v) is 7.42. The molecular weight excluding hydrogens is 272 g/mol. The monoisotopic (exact) mass is 298 g/mol. The molecule has 4 nitrogen and oxygen atoms in total. The summed E-state index contributed by atoms with van der Waals surface area (Å²) in [6.45, 7) is 8.73. The summed E-state index contributed by atoms with van der Waals surface area (Å²) < 4.78 is 27.0. The number of benzene rings is 1. The maximum Gasteiger partial charge on any atom is 0.240 e. The second-order valence-electron chi connectivity index (χ2n) is 5.65. The molecule has 0 fully saturated rings. The van der Waals surface area contributed by atoms with Gasteiger partial charge in [0.2, 0.25) is 10.0 Å². The van der Waals surface area contributed by atoms with E-state index in [-0.39, 0.29) is 6.04 Å². The van der Waals surface area contributed by atoms with Gasteiger partial charge in [0.25, 0.3) is 0 Å². The second kappa shape index (κ2) is 7.20. The largest absolute Gasteiger partial charge is 0.313 e. The Bertz CT molecular complexity index is 509. The van der Waals surface area contributed by atoms with Crippen molar-refractivity contribution in [2.24, 2.45) is 11.8 Å². The summed E-state index contributed by atoms with van der Waals surface area (Å²) in [7, 11) is -1.53. The minimum absolute atomic E-state index is 0.209. The average molecular weight is 298 g/mol. The molecule has 2 atom stereocenters. The van der Waals surface area contributed by atoms with Gasteiger partial charge in [0.15, 0.2) is 0 Å². The van der Waals surface area contributed by atoms with Crippen LogP contribution in [0.1, 0.15) is 39.3 Å². The maximum atomic E-state index is 12.2. The van der Waals surface area contributed by atoms with Crippen LogP contribution in [0.25, 0.3) is 0 Å². The Morgan fingerprint density at radius 3 is 2.05 bits per heavy atom. The average Bonchev–Trinajstić information content (AvgIpc) is 2.44. The Hall–Kier alpha value is -0.910. The van der Waals surface area contributed by atoms with Crippen molar-refractivity contribution in [2.45, 2.75) is 38.6 Å². The zero-order chi connectivity index (χ0) is 15.3. The van der Waals surface area contributed by atoms with Gasteiger partial charge in [0.05, 0.1) is 4.90 Å². The lowest BCUT2D eigenvalue weighted by Crippen LogP contribution is -2.30. The van der Waals surface area contributed by atoms with Gasteiger partial charge < -0.3 is 5.32 Å². The number of hydrogen-bond donors (Lipinski definition) is 2. The molecule has 1 aromatic rings. The molecule has 0 aliphatic heterocycles. The fraction of sp³-hybridized carbons (Fsp3) is 0.600. The first-order valence-corrected chi connectivity index (χ1v) is 8.53. The van der Waals surface area contributed by atoms with E-state index in [4.69, 9.17) is 0 Å². The molecule has 20 heavy (non-hydrogen) atoms. The number of rotatable bonds is 7. The Balaban J connectivity index is 2.78. The van der Waals surface area contributed by atoms with Crippen molar-refractivity contribution < 1.29 is 8.42 Å². The quantitative estimate of drug-likeness (QED) is 0.813. The molecule has 2 unspecified atom stereocenters. The van der Waals surface area contributed by atoms with Crippen molar-refractivity contribution >= 4 is 10.0 Å². The zero-order valence-corrected chi connectivity index (χ0v) is 13.8. The predicted molar refractivity (Wildman–Crippen MR) is 83.1 cm³/mol. The van der Waals surface area contributed by atoms with E-state index in [0.29, 0.717) is 23.3 Å². The highest BCUT2D eigenvalue weighted by molar-refractivity contribution is 7.89. The summed E-state index contributed by atoms with van der Waals surface area (Å²) in [6.07, 6.45) is 0. The highest BCUT2D eigenvalue weighted by atomic mass is 32.2. The van der Waals surface area contributed by atoms with E-state index in [2.05, 4.69) is 23.9 Å². The third-order valence-electron chi connectivity index (χ3n) is 3.86. The van der Waals surface area contributed by atoms with Crippen LogP contribution >= 0.6 is 0 Å². The van der Waals surface area contributed by atoms with E-state index in [9.17, 15) is 8.42 Å². The molecule has 0 saturated carbocycles. The number of nitrogens with one attached hydrogen (secondary N) is 2. The van der Waals surface area contributed by atoms with E-state index >= 15 is 0 Å². The van der Waals surface area contributed by atoms with Crippen LogP contribution in [0, 0.1) is 11.8 Å². The van der Waals surface area contributed by atoms with Crippen LogP contribution in [0.15, 0.2) is 29.2 Å². The molecule has 0 aliphatic rings. The molecule has 0 spiro atoms. The Kier molecular flexibility index (Phi) is 6.17. The van der Waals surface area contributed by atoms with Gasteiger partial charge in [0, 0.05) is 12.6 Å². The van der Waals surface area contributed by atoms with Crippen molar-refractivity contribution in [3.8, 4) is 0 Å². The molecule has 0 aliphatic carbocycles. The highest BCUT2D eigenvalue weighted by Gasteiger charge is 2.16. The highest BCUT2D eigenvalue weighted by Crippen LogP contribution is 2.16. The molecule has 0 amide bonds. The molecule has 1 aromatic carbocycles. The van der Waals surface area contributed by atoms with Crippen LogP contribution in [-0.2, 0) is 10.0 Å². The molecule has 0 heterocycles. The Morgan fingerprint density at radius 1 is 1.05 bits per heavy atom. The van der Waals surface area contributed by atoms with Crippen LogP contribution in [0.4, 0.5) is 0 Å². The van der Waals surface area contributed by atoms with Crippen LogP contribution in [0.2, 0.25) is 0 Å². The lowest BCUT2D eigenvalue weighted by atomic mass is 9.99. The van der Waals surface area contributed by atoms with Crippen LogP contribution in [-0.4, -0.2) is 22.0 Å². The molecule has 0 aromatic heterocycles. The first kappa shape index (κ1) is 17.1. The van der Waals surface area contributed by atoms with Gasteiger partial charge in [0.1, 0.15) is 0 Å². The topological polar surface area (TPSA) is 58.2 Å². The summed E-state index contributed by atoms with van der Waals surface area (Å²) in [6, 6.07) is 7.22. The Morgan fingerprint density at radius 2 is 1.60 bits per heavy atom. The molecule has 114 valence electrons. The normalized spacial score (nSPS) is 15.3. The maximum absolute atomic E-state index is 12.2. The zero-order valence-electron chi connectivity index (χ0n) is 13.0. The van der Waals surface area contributed by atoms with E-state index in [0.717, 1.165) is 5.56 Å². The van der Waals surface area contributed by atoms with Crippen LogP contribution in [0.3, 0.4) is 0 Å². The molecule has 0 radical (unpaired) electrons. The minimum atomic E-state index is -3.41. The van der Waals surface area contributed by atoms with Gasteiger partial charge in [-0.15, -0.1) is 0 Å². The molecule has 0 bridgehead atoms. The van der Waals surface area contributed by atoms with Crippen LogP contribution < -0.4 is 10.0 Å². The van der Waals surface area contributed by atoms with Gasteiger partial charge in [-0.2, -0.15) is 0 Å². The van der Waals surface area contributed by atoms with Crippen molar-refractivity contribution in [2.75, 3.05) is 13.6 Å². The fourth-order valence-electron chi connectivity index (χ4n) is 1.66. The van der Waals surface area contributed by atoms with Gasteiger partial charge in [-0.1, -0.05) is 32.9 Å². The summed E-state index contributed by atoms with van der Waals surface area (Å²) in [5, 5.41) is 3.13. The first-order valence-electron chi connectivity index (χ1n) is 7.04. The predicted octanol–water partition coefficient (Wildman–Crippen LogP) is 2.54. The van der Waals surface area contributed by atoms with Crippen molar-refractivity contribution in [3.05, 3.63) is 29.8 Å². The fourth-order valence-corrected chi connectivity index (χ4v) is 2.81. The van der Waals surface area contributed by atoms with E-state index in [1.165, 1.54) is 0 Å². The molecule has 2 N–H and O–H groups in total. The van der Waals surface area contributed by atoms with Gasteiger partial charge in [-0.25, -0.2) is 13.1 Å². The van der Waals surface area contributed by atoms with Gasteiger partial charge in [-0.05, 0) is 43.5 Å². The molecule has 5 heteroatoms. The van der Waals surface area contributed by atoms with Crippen molar-refractivity contribution in [1.82, 2.24) is 10.0 Å². The number of hydrogen-bond acceptors (Lipinski definition) is 3. The number of sulfonamides is 1. The lowest BCUT2D eigenvalue weighted by molar-refractivity contribution is 0.414. The first-order chi connectivity index (χ1) is 9.27. The van der Waals surface area contributed by atoms with Gasteiger partial charge in [-0.3, -0.25) is 0 Å². The van der Waals surface area contributed by atoms with E-state index in [1.807, 2.05) is 33.0 Å². The van der Waals surface area contributed by atoms with Crippen molar-refractivity contribution in [3.63, 3.8) is 0 Å². The van der Waals surface area contributed by atoms with E-state index in [1.54, 1.807) is 12.1 Å². The summed E-state index contributed by atoms with van der Waals surface area (Å²) >= 11 is 0. The summed E-state index contributed by atoms with van der Waals surface area (Å²) in [5.41, 5.74) is 1.07. The third kappa shape index (κ3) is 4.58. The molecular formula is C15H26N2O2S. The molecule has 0 saturated heterocycles. The standard InChI is InChI=1S/C15H26N2O2S/c1-11(2)12(3)10-17-20(18,19)15-8-6-14(7-9-15)13(4)16-5/h6-9,11-13,16-17H,10H2,1-5H3. The third-order valence-corrected chi connectivity index (χ3v) is 5.30. The summed E-state index contributed by atoms with van der Waals surface area (Å²) in [4.78, 5) is 0.320. The minimum Gasteiger partial charge on any atom is -0.313 e. The lowest BCUT2D eigenvalue weighted by Gasteiger charge is -2.16. The van der Waals surface area contributed by atoms with Crippen LogP contribution in [0.5, 0.6) is 0 Å². The summed E-state index contributed by atoms with van der Waals surface area (Å²) in [5.74, 6) is 0.768. The molecule has 1 rings (SSSR count). The smallest absolute Gasteiger partial charge is 0.240 e.